The second kappa shape index (κ2) is 5.47. The summed E-state index contributed by atoms with van der Waals surface area (Å²) in [5.74, 6) is 0.866. The lowest BCUT2D eigenvalue weighted by Gasteiger charge is -2.00. The molecule has 0 saturated carbocycles. The molecule has 3 heteroatoms. The first-order valence-electron chi connectivity index (χ1n) is 6.45. The SMILES string of the molecule is COc1ccc(-c2nc(-c3ccccc3)c(C)s2)cc1. The van der Waals surface area contributed by atoms with Crippen molar-refractivity contribution in [2.24, 2.45) is 0 Å². The lowest BCUT2D eigenvalue weighted by Crippen LogP contribution is -1.83. The van der Waals surface area contributed by atoms with Crippen LogP contribution in [0.1, 0.15) is 4.88 Å². The number of thiazole rings is 1. The summed E-state index contributed by atoms with van der Waals surface area (Å²) in [6.45, 7) is 2.12. The van der Waals surface area contributed by atoms with Crippen LogP contribution in [0.2, 0.25) is 0 Å². The summed E-state index contributed by atoms with van der Waals surface area (Å²) in [6, 6.07) is 18.3. The number of aromatic nitrogens is 1. The molecule has 3 aromatic rings. The van der Waals surface area contributed by atoms with E-state index in [1.807, 2.05) is 42.5 Å². The van der Waals surface area contributed by atoms with Crippen LogP contribution in [0.5, 0.6) is 5.75 Å². The minimum atomic E-state index is 0.866. The first kappa shape index (κ1) is 12.9. The van der Waals surface area contributed by atoms with Gasteiger partial charge in [0.05, 0.1) is 12.8 Å². The van der Waals surface area contributed by atoms with E-state index in [4.69, 9.17) is 9.72 Å². The molecule has 0 radical (unpaired) electrons. The largest absolute Gasteiger partial charge is 0.497 e. The minimum absolute atomic E-state index is 0.866. The van der Waals surface area contributed by atoms with Crippen molar-refractivity contribution in [3.63, 3.8) is 0 Å². The standard InChI is InChI=1S/C17H15NOS/c1-12-16(13-6-4-3-5-7-13)18-17(20-12)14-8-10-15(19-2)11-9-14/h3-11H,1-2H3. The van der Waals surface area contributed by atoms with Gasteiger partial charge >= 0.3 is 0 Å². The Morgan fingerprint density at radius 2 is 1.60 bits per heavy atom. The maximum absolute atomic E-state index is 5.19. The van der Waals surface area contributed by atoms with Crippen molar-refractivity contribution in [1.29, 1.82) is 0 Å². The van der Waals surface area contributed by atoms with Gasteiger partial charge in [-0.25, -0.2) is 4.98 Å². The summed E-state index contributed by atoms with van der Waals surface area (Å²) in [4.78, 5) is 6.02. The minimum Gasteiger partial charge on any atom is -0.497 e. The van der Waals surface area contributed by atoms with Gasteiger partial charge in [0, 0.05) is 16.0 Å². The predicted molar refractivity (Wildman–Crippen MR) is 84.3 cm³/mol. The lowest BCUT2D eigenvalue weighted by atomic mass is 10.1. The van der Waals surface area contributed by atoms with E-state index in [-0.39, 0.29) is 0 Å². The van der Waals surface area contributed by atoms with Gasteiger partial charge < -0.3 is 4.74 Å². The molecule has 0 aliphatic heterocycles. The summed E-state index contributed by atoms with van der Waals surface area (Å²) < 4.78 is 5.19. The molecule has 100 valence electrons. The predicted octanol–water partition coefficient (Wildman–Crippen LogP) is 4.79. The van der Waals surface area contributed by atoms with E-state index >= 15 is 0 Å². The molecule has 1 aromatic heterocycles. The summed E-state index contributed by atoms with van der Waals surface area (Å²) >= 11 is 1.72. The van der Waals surface area contributed by atoms with Gasteiger partial charge in [-0.2, -0.15) is 0 Å². The normalized spacial score (nSPS) is 10.5. The molecule has 0 aliphatic carbocycles. The number of benzene rings is 2. The Morgan fingerprint density at radius 3 is 2.25 bits per heavy atom. The van der Waals surface area contributed by atoms with E-state index in [0.29, 0.717) is 0 Å². The second-order valence-electron chi connectivity index (χ2n) is 4.52. The van der Waals surface area contributed by atoms with Gasteiger partial charge in [-0.1, -0.05) is 30.3 Å². The summed E-state index contributed by atoms with van der Waals surface area (Å²) in [5.41, 5.74) is 3.36. The van der Waals surface area contributed by atoms with Gasteiger partial charge in [0.15, 0.2) is 0 Å². The fourth-order valence-corrected chi connectivity index (χ4v) is 3.06. The molecular formula is C17H15NOS. The van der Waals surface area contributed by atoms with Crippen LogP contribution >= 0.6 is 11.3 Å². The van der Waals surface area contributed by atoms with E-state index < -0.39 is 0 Å². The third-order valence-corrected chi connectivity index (χ3v) is 4.20. The van der Waals surface area contributed by atoms with Crippen LogP contribution in [0.15, 0.2) is 54.6 Å². The molecule has 0 atom stereocenters. The Morgan fingerprint density at radius 1 is 0.900 bits per heavy atom. The zero-order valence-corrected chi connectivity index (χ0v) is 12.3. The van der Waals surface area contributed by atoms with E-state index in [0.717, 1.165) is 22.0 Å². The number of nitrogens with zero attached hydrogens (tertiary/aromatic N) is 1. The van der Waals surface area contributed by atoms with Crippen molar-refractivity contribution < 1.29 is 4.74 Å². The maximum atomic E-state index is 5.19. The number of ether oxygens (including phenoxy) is 1. The highest BCUT2D eigenvalue weighted by molar-refractivity contribution is 7.15. The number of hydrogen-bond donors (Lipinski definition) is 0. The van der Waals surface area contributed by atoms with Crippen molar-refractivity contribution >= 4 is 11.3 Å². The second-order valence-corrected chi connectivity index (χ2v) is 5.72. The maximum Gasteiger partial charge on any atom is 0.124 e. The molecule has 0 bridgehead atoms. The van der Waals surface area contributed by atoms with Crippen LogP contribution in [0.3, 0.4) is 0 Å². The van der Waals surface area contributed by atoms with Crippen LogP contribution in [-0.2, 0) is 0 Å². The monoisotopic (exact) mass is 281 g/mol. The van der Waals surface area contributed by atoms with Crippen molar-refractivity contribution in [2.45, 2.75) is 6.92 Å². The fraction of sp³-hybridized carbons (Fsp3) is 0.118. The number of hydrogen-bond acceptors (Lipinski definition) is 3. The van der Waals surface area contributed by atoms with Gasteiger partial charge in [-0.3, -0.25) is 0 Å². The highest BCUT2D eigenvalue weighted by Crippen LogP contribution is 2.33. The Kier molecular flexibility index (Phi) is 3.52. The van der Waals surface area contributed by atoms with Gasteiger partial charge in [-0.05, 0) is 31.2 Å². The molecular weight excluding hydrogens is 266 g/mol. The average Bonchev–Trinajstić information content (AvgIpc) is 2.90. The smallest absolute Gasteiger partial charge is 0.124 e. The molecule has 0 aliphatic rings. The van der Waals surface area contributed by atoms with E-state index in [1.165, 1.54) is 10.4 Å². The molecule has 0 spiro atoms. The van der Waals surface area contributed by atoms with Gasteiger partial charge in [0.2, 0.25) is 0 Å². The van der Waals surface area contributed by atoms with Crippen LogP contribution in [0.4, 0.5) is 0 Å². The average molecular weight is 281 g/mol. The van der Waals surface area contributed by atoms with E-state index in [1.54, 1.807) is 18.4 Å². The lowest BCUT2D eigenvalue weighted by molar-refractivity contribution is 0.415. The molecule has 2 nitrogen and oxygen atoms in total. The molecule has 2 aromatic carbocycles. The summed E-state index contributed by atoms with van der Waals surface area (Å²) in [6.07, 6.45) is 0. The van der Waals surface area contributed by atoms with E-state index in [2.05, 4.69) is 19.1 Å². The molecule has 0 N–H and O–H groups in total. The summed E-state index contributed by atoms with van der Waals surface area (Å²) in [7, 11) is 1.68. The zero-order valence-electron chi connectivity index (χ0n) is 11.5. The van der Waals surface area contributed by atoms with Crippen LogP contribution < -0.4 is 4.74 Å². The Balaban J connectivity index is 2.00. The van der Waals surface area contributed by atoms with Crippen molar-refractivity contribution in [3.05, 3.63) is 59.5 Å². The Bertz CT molecular complexity index is 702. The Labute approximate surface area is 122 Å². The molecule has 0 fully saturated rings. The molecule has 0 saturated heterocycles. The van der Waals surface area contributed by atoms with Crippen LogP contribution in [0.25, 0.3) is 21.8 Å². The molecule has 3 rings (SSSR count). The van der Waals surface area contributed by atoms with Gasteiger partial charge in [0.1, 0.15) is 10.8 Å². The van der Waals surface area contributed by atoms with Gasteiger partial charge in [-0.15, -0.1) is 11.3 Å². The Hall–Kier alpha value is -2.13. The van der Waals surface area contributed by atoms with Crippen molar-refractivity contribution in [2.75, 3.05) is 7.11 Å². The first-order chi connectivity index (χ1) is 9.78. The molecule has 0 unspecified atom stereocenters. The van der Waals surface area contributed by atoms with Crippen molar-refractivity contribution in [3.8, 4) is 27.6 Å². The van der Waals surface area contributed by atoms with Crippen molar-refractivity contribution in [1.82, 2.24) is 4.98 Å². The van der Waals surface area contributed by atoms with Crippen LogP contribution in [-0.4, -0.2) is 12.1 Å². The highest BCUT2D eigenvalue weighted by Gasteiger charge is 2.10. The van der Waals surface area contributed by atoms with Gasteiger partial charge in [0.25, 0.3) is 0 Å². The first-order valence-corrected chi connectivity index (χ1v) is 7.27. The number of rotatable bonds is 3. The third kappa shape index (κ3) is 2.45. The summed E-state index contributed by atoms with van der Waals surface area (Å²) in [5, 5.41) is 1.05. The number of aryl methyl sites for hydroxylation is 1. The quantitative estimate of drug-likeness (QED) is 0.688. The van der Waals surface area contributed by atoms with Crippen LogP contribution in [0, 0.1) is 6.92 Å². The number of methoxy groups -OCH3 is 1. The zero-order chi connectivity index (χ0) is 13.9. The molecule has 0 amide bonds. The molecule has 20 heavy (non-hydrogen) atoms. The fourth-order valence-electron chi connectivity index (χ4n) is 2.12. The third-order valence-electron chi connectivity index (χ3n) is 3.18. The molecule has 1 heterocycles. The van der Waals surface area contributed by atoms with E-state index in [9.17, 15) is 0 Å². The topological polar surface area (TPSA) is 22.1 Å². The highest BCUT2D eigenvalue weighted by atomic mass is 32.1.